The summed E-state index contributed by atoms with van der Waals surface area (Å²) in [5.74, 6) is 0. The Bertz CT molecular complexity index is 442. The maximum absolute atomic E-state index is 11.2. The molecule has 6 heteroatoms. The summed E-state index contributed by atoms with van der Waals surface area (Å²) in [7, 11) is -3.31. The second-order valence-electron chi connectivity index (χ2n) is 3.67. The van der Waals surface area contributed by atoms with E-state index in [-0.39, 0.29) is 0 Å². The lowest BCUT2D eigenvalue weighted by Gasteiger charge is -2.14. The van der Waals surface area contributed by atoms with Gasteiger partial charge in [0.15, 0.2) is 0 Å². The normalized spacial score (nSPS) is 13.2. The third-order valence-corrected chi connectivity index (χ3v) is 3.67. The summed E-state index contributed by atoms with van der Waals surface area (Å²) in [4.78, 5) is 0. The number of rotatable bonds is 2. The van der Waals surface area contributed by atoms with Crippen LogP contribution in [-0.4, -0.2) is 23.8 Å². The van der Waals surface area contributed by atoms with E-state index in [4.69, 9.17) is 0 Å². The maximum Gasteiger partial charge on any atom is 0.236 e. The largest absolute Gasteiger partial charge is 0.386 e. The fourth-order valence-electron chi connectivity index (χ4n) is 1.01. The third kappa shape index (κ3) is 2.37. The summed E-state index contributed by atoms with van der Waals surface area (Å²) in [6.45, 7) is 3.20. The van der Waals surface area contributed by atoms with Crippen molar-refractivity contribution in [1.82, 2.24) is 3.97 Å². The van der Waals surface area contributed by atoms with E-state index in [0.717, 1.165) is 10.2 Å². The number of aliphatic hydroxyl groups is 1. The van der Waals surface area contributed by atoms with Crippen LogP contribution in [0.25, 0.3) is 0 Å². The first kappa shape index (κ1) is 11.7. The molecule has 0 atom stereocenters. The van der Waals surface area contributed by atoms with Crippen LogP contribution in [0, 0.1) is 0 Å². The van der Waals surface area contributed by atoms with Crippen LogP contribution in [0.15, 0.2) is 16.9 Å². The van der Waals surface area contributed by atoms with E-state index >= 15 is 0 Å². The molecule has 4 nitrogen and oxygen atoms in total. The Morgan fingerprint density at radius 1 is 1.50 bits per heavy atom. The summed E-state index contributed by atoms with van der Waals surface area (Å²) in [6, 6.07) is 1.58. The van der Waals surface area contributed by atoms with Gasteiger partial charge < -0.3 is 5.11 Å². The summed E-state index contributed by atoms with van der Waals surface area (Å²) in [5, 5.41) is 9.66. The van der Waals surface area contributed by atoms with E-state index in [1.54, 1.807) is 19.9 Å². The topological polar surface area (TPSA) is 59.3 Å². The third-order valence-electron chi connectivity index (χ3n) is 1.81. The summed E-state index contributed by atoms with van der Waals surface area (Å²) in [6.07, 6.45) is 2.51. The van der Waals surface area contributed by atoms with Crippen LogP contribution in [0.4, 0.5) is 0 Å². The van der Waals surface area contributed by atoms with Crippen LogP contribution < -0.4 is 0 Å². The SMILES string of the molecule is CC(C)(O)c1cc(Br)n(S(C)(=O)=O)c1. The van der Waals surface area contributed by atoms with Gasteiger partial charge in [0.25, 0.3) is 0 Å². The zero-order valence-corrected chi connectivity index (χ0v) is 10.6. The molecule has 0 aliphatic heterocycles. The second-order valence-corrected chi connectivity index (χ2v) is 6.34. The minimum absolute atomic E-state index is 0.414. The Balaban J connectivity index is 3.33. The Hall–Kier alpha value is -0.330. The first-order valence-corrected chi connectivity index (χ1v) is 6.58. The molecule has 0 spiro atoms. The van der Waals surface area contributed by atoms with Crippen LogP contribution in [0.1, 0.15) is 19.4 Å². The van der Waals surface area contributed by atoms with Crippen molar-refractivity contribution in [3.8, 4) is 0 Å². The molecule has 1 aromatic heterocycles. The van der Waals surface area contributed by atoms with Crippen molar-refractivity contribution in [3.63, 3.8) is 0 Å². The van der Waals surface area contributed by atoms with Gasteiger partial charge in [0.1, 0.15) is 0 Å². The molecule has 14 heavy (non-hydrogen) atoms. The lowest BCUT2D eigenvalue weighted by Crippen LogP contribution is -2.15. The Morgan fingerprint density at radius 3 is 2.21 bits per heavy atom. The number of hydrogen-bond acceptors (Lipinski definition) is 3. The number of hydrogen-bond donors (Lipinski definition) is 1. The fraction of sp³-hybridized carbons (Fsp3) is 0.500. The van der Waals surface area contributed by atoms with Gasteiger partial charge >= 0.3 is 0 Å². The van der Waals surface area contributed by atoms with Crippen LogP contribution in [0.5, 0.6) is 0 Å². The predicted molar refractivity (Wildman–Crippen MR) is 57.6 cm³/mol. The smallest absolute Gasteiger partial charge is 0.236 e. The monoisotopic (exact) mass is 281 g/mol. The number of aromatic nitrogens is 1. The van der Waals surface area contributed by atoms with Crippen molar-refractivity contribution in [1.29, 1.82) is 0 Å². The molecule has 1 aromatic rings. The molecule has 1 N–H and O–H groups in total. The van der Waals surface area contributed by atoms with Gasteiger partial charge in [-0.1, -0.05) is 0 Å². The van der Waals surface area contributed by atoms with Gasteiger partial charge in [-0.15, -0.1) is 0 Å². The summed E-state index contributed by atoms with van der Waals surface area (Å²) >= 11 is 3.12. The highest BCUT2D eigenvalue weighted by molar-refractivity contribution is 9.10. The van der Waals surface area contributed by atoms with Crippen LogP contribution >= 0.6 is 15.9 Å². The van der Waals surface area contributed by atoms with Gasteiger partial charge in [-0.2, -0.15) is 0 Å². The molecule has 0 saturated heterocycles. The minimum atomic E-state index is -3.31. The van der Waals surface area contributed by atoms with E-state index in [1.807, 2.05) is 0 Å². The highest BCUT2D eigenvalue weighted by atomic mass is 79.9. The first-order chi connectivity index (χ1) is 6.12. The van der Waals surface area contributed by atoms with Crippen molar-refractivity contribution < 1.29 is 13.5 Å². The summed E-state index contributed by atoms with van der Waals surface area (Å²) < 4.78 is 24.0. The second kappa shape index (κ2) is 3.36. The highest BCUT2D eigenvalue weighted by Gasteiger charge is 2.21. The highest BCUT2D eigenvalue weighted by Crippen LogP contribution is 2.25. The van der Waals surface area contributed by atoms with E-state index in [9.17, 15) is 13.5 Å². The van der Waals surface area contributed by atoms with Crippen molar-refractivity contribution in [2.75, 3.05) is 6.26 Å². The fourth-order valence-corrected chi connectivity index (χ4v) is 2.82. The molecule has 1 heterocycles. The van der Waals surface area contributed by atoms with Crippen LogP contribution in [-0.2, 0) is 15.6 Å². The average molecular weight is 282 g/mol. The van der Waals surface area contributed by atoms with E-state index in [2.05, 4.69) is 15.9 Å². The maximum atomic E-state index is 11.2. The molecular formula is C8H12BrNO3S. The lowest BCUT2D eigenvalue weighted by atomic mass is 10.0. The molecule has 1 rings (SSSR count). The Kier molecular flexibility index (Phi) is 2.82. The van der Waals surface area contributed by atoms with Gasteiger partial charge in [0.05, 0.1) is 16.5 Å². The lowest BCUT2D eigenvalue weighted by molar-refractivity contribution is 0.0787. The molecule has 0 aliphatic rings. The minimum Gasteiger partial charge on any atom is -0.386 e. The van der Waals surface area contributed by atoms with E-state index in [1.165, 1.54) is 6.20 Å². The number of halogens is 1. The summed E-state index contributed by atoms with van der Waals surface area (Å²) in [5.41, 5.74) is -0.492. The molecule has 0 bridgehead atoms. The molecule has 0 aromatic carbocycles. The predicted octanol–water partition coefficient (Wildman–Crippen LogP) is 1.29. The standard InChI is InChI=1S/C8H12BrNO3S/c1-8(2,11)6-4-7(9)10(5-6)14(3,12)13/h4-5,11H,1-3H3. The van der Waals surface area contributed by atoms with Crippen molar-refractivity contribution >= 4 is 26.0 Å². The number of nitrogens with zero attached hydrogens (tertiary/aromatic N) is 1. The molecule has 0 aliphatic carbocycles. The van der Waals surface area contributed by atoms with Crippen molar-refractivity contribution in [2.24, 2.45) is 0 Å². The van der Waals surface area contributed by atoms with Gasteiger partial charge in [0.2, 0.25) is 10.0 Å². The van der Waals surface area contributed by atoms with Crippen LogP contribution in [0.3, 0.4) is 0 Å². The first-order valence-electron chi connectivity index (χ1n) is 3.93. The van der Waals surface area contributed by atoms with Crippen molar-refractivity contribution in [3.05, 3.63) is 22.4 Å². The zero-order chi connectivity index (χ0) is 11.1. The van der Waals surface area contributed by atoms with Crippen LogP contribution in [0.2, 0.25) is 0 Å². The average Bonchev–Trinajstić information content (AvgIpc) is 2.27. The van der Waals surface area contributed by atoms with Crippen molar-refractivity contribution in [2.45, 2.75) is 19.4 Å². The van der Waals surface area contributed by atoms with Gasteiger partial charge in [-0.3, -0.25) is 0 Å². The molecule has 0 amide bonds. The molecular weight excluding hydrogens is 270 g/mol. The van der Waals surface area contributed by atoms with Gasteiger partial charge in [0, 0.05) is 11.8 Å². The molecule has 0 fully saturated rings. The quantitative estimate of drug-likeness (QED) is 0.889. The van der Waals surface area contributed by atoms with E-state index in [0.29, 0.717) is 10.2 Å². The zero-order valence-electron chi connectivity index (χ0n) is 8.15. The van der Waals surface area contributed by atoms with E-state index < -0.39 is 15.6 Å². The Morgan fingerprint density at radius 2 is 2.00 bits per heavy atom. The molecule has 0 saturated carbocycles. The van der Waals surface area contributed by atoms with Gasteiger partial charge in [-0.25, -0.2) is 12.4 Å². The molecule has 0 radical (unpaired) electrons. The molecule has 80 valence electrons. The van der Waals surface area contributed by atoms with Gasteiger partial charge in [-0.05, 0) is 35.8 Å². The molecule has 0 unspecified atom stereocenters. The Labute approximate surface area is 91.7 Å².